The number of anilines is 2. The Labute approximate surface area is 175 Å². The van der Waals surface area contributed by atoms with E-state index in [0.29, 0.717) is 22.7 Å². The molecule has 2 heterocycles. The maximum atomic E-state index is 12.9. The number of aryl methyl sites for hydroxylation is 3. The van der Waals surface area contributed by atoms with Crippen molar-refractivity contribution in [3.05, 3.63) is 75.5 Å². The van der Waals surface area contributed by atoms with Gasteiger partial charge in [-0.2, -0.15) is 0 Å². The number of carbonyl (C=O) groups excluding carboxylic acids is 1. The summed E-state index contributed by atoms with van der Waals surface area (Å²) in [5, 5.41) is 1.88. The van der Waals surface area contributed by atoms with Gasteiger partial charge in [0.1, 0.15) is 0 Å². The largest absolute Gasteiger partial charge is 0.307 e. The van der Waals surface area contributed by atoms with Crippen molar-refractivity contribution in [1.29, 1.82) is 0 Å². The third-order valence-corrected chi connectivity index (χ3v) is 7.45. The summed E-state index contributed by atoms with van der Waals surface area (Å²) in [6.45, 7) is 4.34. The summed E-state index contributed by atoms with van der Waals surface area (Å²) < 4.78 is 28.5. The Bertz CT molecular complexity index is 1170. The molecule has 1 aliphatic rings. The number of nitrogens with one attached hydrogen (secondary N) is 1. The highest BCUT2D eigenvalue weighted by molar-refractivity contribution is 7.92. The molecule has 4 rings (SSSR count). The minimum Gasteiger partial charge on any atom is -0.307 e. The second-order valence-electron chi connectivity index (χ2n) is 7.26. The van der Waals surface area contributed by atoms with Crippen LogP contribution in [0.15, 0.2) is 58.8 Å². The number of rotatable bonds is 4. The smallest absolute Gasteiger partial charge is 0.268 e. The summed E-state index contributed by atoms with van der Waals surface area (Å²) in [4.78, 5) is 15.6. The molecule has 0 radical (unpaired) electrons. The van der Waals surface area contributed by atoms with Crippen molar-refractivity contribution in [2.24, 2.45) is 0 Å². The van der Waals surface area contributed by atoms with Crippen LogP contribution in [0.5, 0.6) is 0 Å². The monoisotopic (exact) mass is 426 g/mol. The average Bonchev–Trinajstić information content (AvgIpc) is 3.21. The zero-order chi connectivity index (χ0) is 20.6. The first-order chi connectivity index (χ1) is 13.8. The Balaban J connectivity index is 1.67. The van der Waals surface area contributed by atoms with E-state index in [0.717, 1.165) is 29.7 Å². The van der Waals surface area contributed by atoms with Gasteiger partial charge in [-0.15, -0.1) is 11.3 Å². The second kappa shape index (κ2) is 7.65. The number of fused-ring (bicyclic) bond motifs is 1. The number of hydrogen-bond donors (Lipinski definition) is 1. The summed E-state index contributed by atoms with van der Waals surface area (Å²) in [6, 6.07) is 14.4. The van der Waals surface area contributed by atoms with Crippen LogP contribution in [0.25, 0.3) is 0 Å². The SMILES string of the molecule is Cc1ccc(S(=O)(=O)Nc2ccc3c(c2)N(C(=O)c2cccs2)CCC3)c(C)c1. The molecule has 1 amide bonds. The van der Waals surface area contributed by atoms with Crippen LogP contribution in [0.3, 0.4) is 0 Å². The predicted molar refractivity (Wildman–Crippen MR) is 117 cm³/mol. The zero-order valence-electron chi connectivity index (χ0n) is 16.3. The maximum Gasteiger partial charge on any atom is 0.268 e. The molecular weight excluding hydrogens is 404 g/mol. The van der Waals surface area contributed by atoms with Gasteiger partial charge in [0, 0.05) is 12.2 Å². The Morgan fingerprint density at radius 2 is 1.93 bits per heavy atom. The van der Waals surface area contributed by atoms with Crippen LogP contribution in [0.4, 0.5) is 11.4 Å². The highest BCUT2D eigenvalue weighted by atomic mass is 32.2. The van der Waals surface area contributed by atoms with Gasteiger partial charge in [-0.1, -0.05) is 29.8 Å². The van der Waals surface area contributed by atoms with Gasteiger partial charge in [0.2, 0.25) is 0 Å². The Kier molecular flexibility index (Phi) is 5.19. The number of sulfonamides is 1. The summed E-state index contributed by atoms with van der Waals surface area (Å²) in [5.74, 6) is -0.0460. The summed E-state index contributed by atoms with van der Waals surface area (Å²) >= 11 is 1.41. The zero-order valence-corrected chi connectivity index (χ0v) is 17.9. The van der Waals surface area contributed by atoms with Crippen LogP contribution in [-0.4, -0.2) is 20.9 Å². The lowest BCUT2D eigenvalue weighted by Crippen LogP contribution is -2.35. The molecule has 0 aliphatic carbocycles. The van der Waals surface area contributed by atoms with Crippen LogP contribution in [-0.2, 0) is 16.4 Å². The van der Waals surface area contributed by atoms with Crippen LogP contribution in [0.1, 0.15) is 32.8 Å². The molecule has 0 atom stereocenters. The molecule has 29 heavy (non-hydrogen) atoms. The van der Waals surface area contributed by atoms with Crippen LogP contribution in [0, 0.1) is 13.8 Å². The van der Waals surface area contributed by atoms with Crippen LogP contribution in [0.2, 0.25) is 0 Å². The highest BCUT2D eigenvalue weighted by Crippen LogP contribution is 2.32. The molecule has 5 nitrogen and oxygen atoms in total. The molecule has 150 valence electrons. The average molecular weight is 427 g/mol. The van der Waals surface area contributed by atoms with E-state index in [4.69, 9.17) is 0 Å². The lowest BCUT2D eigenvalue weighted by molar-refractivity contribution is 0.0989. The lowest BCUT2D eigenvalue weighted by atomic mass is 10.0. The second-order valence-corrected chi connectivity index (χ2v) is 9.85. The topological polar surface area (TPSA) is 66.5 Å². The van der Waals surface area contributed by atoms with E-state index in [1.807, 2.05) is 36.6 Å². The molecule has 0 bridgehead atoms. The van der Waals surface area contributed by atoms with E-state index >= 15 is 0 Å². The molecule has 0 fully saturated rings. The number of carbonyl (C=O) groups is 1. The van der Waals surface area contributed by atoms with E-state index in [2.05, 4.69) is 4.72 Å². The van der Waals surface area contributed by atoms with Crippen LogP contribution >= 0.6 is 11.3 Å². The number of hydrogen-bond acceptors (Lipinski definition) is 4. The molecule has 3 aromatic rings. The van der Waals surface area contributed by atoms with E-state index in [-0.39, 0.29) is 10.8 Å². The van der Waals surface area contributed by atoms with Gasteiger partial charge >= 0.3 is 0 Å². The van der Waals surface area contributed by atoms with Gasteiger partial charge in [-0.3, -0.25) is 9.52 Å². The van der Waals surface area contributed by atoms with Crippen molar-refractivity contribution in [3.63, 3.8) is 0 Å². The number of nitrogens with zero attached hydrogens (tertiary/aromatic N) is 1. The number of thiophene rings is 1. The van der Waals surface area contributed by atoms with E-state index in [9.17, 15) is 13.2 Å². The number of amides is 1. The van der Waals surface area contributed by atoms with Crippen molar-refractivity contribution in [1.82, 2.24) is 0 Å². The van der Waals surface area contributed by atoms with Gasteiger partial charge in [-0.05, 0) is 67.5 Å². The molecule has 0 saturated carbocycles. The van der Waals surface area contributed by atoms with E-state index in [1.165, 1.54) is 11.3 Å². The van der Waals surface area contributed by atoms with Crippen LogP contribution < -0.4 is 9.62 Å². The number of benzene rings is 2. The van der Waals surface area contributed by atoms with Crippen molar-refractivity contribution >= 4 is 38.6 Å². The highest BCUT2D eigenvalue weighted by Gasteiger charge is 2.25. The fourth-order valence-electron chi connectivity index (χ4n) is 3.69. The predicted octanol–water partition coefficient (Wildman–Crippen LogP) is 4.76. The summed E-state index contributed by atoms with van der Waals surface area (Å²) in [6.07, 6.45) is 1.76. The van der Waals surface area contributed by atoms with E-state index in [1.54, 1.807) is 36.1 Å². The molecule has 0 unspecified atom stereocenters. The van der Waals surface area contributed by atoms with Crippen molar-refractivity contribution < 1.29 is 13.2 Å². The van der Waals surface area contributed by atoms with Crippen molar-refractivity contribution in [2.75, 3.05) is 16.2 Å². The van der Waals surface area contributed by atoms with Gasteiger partial charge in [0.05, 0.1) is 15.5 Å². The molecule has 0 spiro atoms. The fourth-order valence-corrected chi connectivity index (χ4v) is 5.64. The lowest BCUT2D eigenvalue weighted by Gasteiger charge is -2.29. The van der Waals surface area contributed by atoms with Gasteiger partial charge in [0.25, 0.3) is 15.9 Å². The first kappa shape index (κ1) is 19.7. The van der Waals surface area contributed by atoms with Crippen molar-refractivity contribution in [3.8, 4) is 0 Å². The van der Waals surface area contributed by atoms with Gasteiger partial charge < -0.3 is 4.90 Å². The standard InChI is InChI=1S/C22H22N2O3S2/c1-15-7-10-21(16(2)13-15)29(26,27)23-18-9-8-17-5-3-11-24(19(17)14-18)22(25)20-6-4-12-28-20/h4,6-10,12-14,23H,3,5,11H2,1-2H3. The van der Waals surface area contributed by atoms with Gasteiger partial charge in [0.15, 0.2) is 0 Å². The molecule has 7 heteroatoms. The Morgan fingerprint density at radius 1 is 1.10 bits per heavy atom. The molecule has 2 aromatic carbocycles. The summed E-state index contributed by atoms with van der Waals surface area (Å²) in [7, 11) is -3.72. The minimum atomic E-state index is -3.72. The normalized spacial score (nSPS) is 13.8. The molecule has 0 saturated heterocycles. The first-order valence-electron chi connectivity index (χ1n) is 9.43. The van der Waals surface area contributed by atoms with E-state index < -0.39 is 10.0 Å². The third kappa shape index (κ3) is 3.93. The third-order valence-electron chi connectivity index (χ3n) is 5.05. The summed E-state index contributed by atoms with van der Waals surface area (Å²) in [5.41, 5.74) is 3.99. The Morgan fingerprint density at radius 3 is 2.66 bits per heavy atom. The van der Waals surface area contributed by atoms with Crippen molar-refractivity contribution in [2.45, 2.75) is 31.6 Å². The molecule has 1 aliphatic heterocycles. The molecular formula is C22H22N2O3S2. The fraction of sp³-hybridized carbons (Fsp3) is 0.227. The minimum absolute atomic E-state index is 0.0460. The molecule has 1 N–H and O–H groups in total. The molecule has 1 aromatic heterocycles. The first-order valence-corrected chi connectivity index (χ1v) is 11.8. The Hall–Kier alpha value is -2.64. The maximum absolute atomic E-state index is 12.9. The van der Waals surface area contributed by atoms with Gasteiger partial charge in [-0.25, -0.2) is 8.42 Å². The quantitative estimate of drug-likeness (QED) is 0.654.